The lowest BCUT2D eigenvalue weighted by atomic mass is 10.2. The molecule has 0 radical (unpaired) electrons. The fourth-order valence-corrected chi connectivity index (χ4v) is 4.73. The van der Waals surface area contributed by atoms with Gasteiger partial charge in [0.2, 0.25) is 11.7 Å². The van der Waals surface area contributed by atoms with Crippen molar-refractivity contribution in [3.8, 4) is 11.6 Å². The first kappa shape index (κ1) is 20.8. The quantitative estimate of drug-likeness (QED) is 0.263. The highest BCUT2D eigenvalue weighted by atomic mass is 79.9. The zero-order valence-corrected chi connectivity index (χ0v) is 19.5. The molecule has 3 heterocycles. The van der Waals surface area contributed by atoms with Crippen LogP contribution in [0.1, 0.15) is 12.6 Å². The van der Waals surface area contributed by atoms with Crippen LogP contribution in [0.4, 0.5) is 5.13 Å². The average molecular weight is 504 g/mol. The Morgan fingerprint density at radius 3 is 3.00 bits per heavy atom. The second-order valence-corrected chi connectivity index (χ2v) is 9.62. The Balaban J connectivity index is 1.58. The molecule has 1 N–H and O–H groups in total. The molecular formula is C20H18BrN5O2S2. The maximum atomic E-state index is 12.6. The topological polar surface area (TPSA) is 85.8 Å². The third kappa shape index (κ3) is 4.35. The number of allylic oxidation sites excluding steroid dienone is 1. The smallest absolute Gasteiger partial charge is 0.239 e. The van der Waals surface area contributed by atoms with E-state index in [0.29, 0.717) is 28.4 Å². The summed E-state index contributed by atoms with van der Waals surface area (Å²) in [6.07, 6.45) is 1.76. The molecule has 0 aliphatic carbocycles. The summed E-state index contributed by atoms with van der Waals surface area (Å²) in [5.41, 5.74) is 1.64. The van der Waals surface area contributed by atoms with Gasteiger partial charge in [-0.25, -0.2) is 4.98 Å². The molecule has 0 saturated carbocycles. The Morgan fingerprint density at radius 1 is 1.43 bits per heavy atom. The lowest BCUT2D eigenvalue weighted by Crippen LogP contribution is -2.22. The van der Waals surface area contributed by atoms with Crippen LogP contribution in [0.2, 0.25) is 0 Å². The SMILES string of the molecule is C=CCn1c(SC(C)C(=O)Nc2nc(C)cs2)nnc1-c1cc2cc(Br)ccc2o1. The van der Waals surface area contributed by atoms with Gasteiger partial charge in [0.1, 0.15) is 5.58 Å². The van der Waals surface area contributed by atoms with Crippen molar-refractivity contribution in [1.82, 2.24) is 19.7 Å². The molecule has 4 rings (SSSR count). The van der Waals surface area contributed by atoms with Gasteiger partial charge in [-0.2, -0.15) is 0 Å². The Hall–Kier alpha value is -2.43. The van der Waals surface area contributed by atoms with E-state index in [1.807, 2.05) is 48.1 Å². The lowest BCUT2D eigenvalue weighted by Gasteiger charge is -2.11. The number of benzene rings is 1. The Labute approximate surface area is 189 Å². The highest BCUT2D eigenvalue weighted by molar-refractivity contribution is 9.10. The van der Waals surface area contributed by atoms with E-state index < -0.39 is 0 Å². The van der Waals surface area contributed by atoms with Crippen LogP contribution in [-0.4, -0.2) is 30.9 Å². The standard InChI is InChI=1S/C20H18BrN5O2S2/c1-4-7-26-17(16-9-13-8-14(21)5-6-15(13)28-16)24-25-20(26)30-12(3)18(27)23-19-22-11(2)10-29-19/h4-6,8-10,12H,1,7H2,2-3H3,(H,22,23,27). The fraction of sp³-hybridized carbons (Fsp3) is 0.200. The summed E-state index contributed by atoms with van der Waals surface area (Å²) in [6, 6.07) is 7.74. The van der Waals surface area contributed by atoms with Crippen LogP contribution >= 0.6 is 39.0 Å². The number of nitrogens with one attached hydrogen (secondary N) is 1. The Bertz CT molecular complexity index is 1230. The summed E-state index contributed by atoms with van der Waals surface area (Å²) in [6.45, 7) is 8.04. The van der Waals surface area contributed by atoms with Gasteiger partial charge in [0.25, 0.3) is 0 Å². The molecule has 0 fully saturated rings. The summed E-state index contributed by atoms with van der Waals surface area (Å²) >= 11 is 6.20. The van der Waals surface area contributed by atoms with E-state index in [-0.39, 0.29) is 11.2 Å². The number of fused-ring (bicyclic) bond motifs is 1. The number of amides is 1. The first-order valence-corrected chi connectivity index (χ1v) is 11.6. The van der Waals surface area contributed by atoms with Crippen LogP contribution in [0, 0.1) is 6.92 Å². The van der Waals surface area contributed by atoms with Crippen molar-refractivity contribution in [3.05, 3.63) is 52.5 Å². The van der Waals surface area contributed by atoms with Gasteiger partial charge >= 0.3 is 0 Å². The maximum absolute atomic E-state index is 12.6. The third-order valence-electron chi connectivity index (χ3n) is 4.23. The molecule has 7 nitrogen and oxygen atoms in total. The Kier molecular flexibility index (Phi) is 6.07. The molecule has 0 saturated heterocycles. The highest BCUT2D eigenvalue weighted by Crippen LogP contribution is 2.32. The number of anilines is 1. The molecule has 1 unspecified atom stereocenters. The third-order valence-corrected chi connectivity index (χ3v) is 6.68. The van der Waals surface area contributed by atoms with Gasteiger partial charge in [-0.15, -0.1) is 28.1 Å². The van der Waals surface area contributed by atoms with Gasteiger partial charge in [-0.1, -0.05) is 33.8 Å². The lowest BCUT2D eigenvalue weighted by molar-refractivity contribution is -0.115. The van der Waals surface area contributed by atoms with E-state index in [2.05, 4.69) is 43.0 Å². The number of hydrogen-bond donors (Lipinski definition) is 1. The summed E-state index contributed by atoms with van der Waals surface area (Å²) in [5.74, 6) is 1.06. The number of furan rings is 1. The number of nitrogens with zero attached hydrogens (tertiary/aromatic N) is 4. The van der Waals surface area contributed by atoms with Crippen LogP contribution in [0.3, 0.4) is 0 Å². The summed E-state index contributed by atoms with van der Waals surface area (Å²) in [5, 5.41) is 15.1. The largest absolute Gasteiger partial charge is 0.453 e. The van der Waals surface area contributed by atoms with E-state index in [1.165, 1.54) is 23.1 Å². The summed E-state index contributed by atoms with van der Waals surface area (Å²) in [7, 11) is 0. The fourth-order valence-electron chi connectivity index (χ4n) is 2.81. The zero-order valence-electron chi connectivity index (χ0n) is 16.3. The number of halogens is 1. The minimum atomic E-state index is -0.388. The first-order valence-electron chi connectivity index (χ1n) is 9.08. The number of aryl methyl sites for hydroxylation is 1. The van der Waals surface area contributed by atoms with E-state index in [0.717, 1.165) is 21.1 Å². The van der Waals surface area contributed by atoms with Crippen LogP contribution in [0.5, 0.6) is 0 Å². The number of rotatable bonds is 7. The van der Waals surface area contributed by atoms with Crippen LogP contribution < -0.4 is 5.32 Å². The maximum Gasteiger partial charge on any atom is 0.239 e. The molecule has 0 spiro atoms. The van der Waals surface area contributed by atoms with Gasteiger partial charge in [-0.05, 0) is 38.1 Å². The first-order chi connectivity index (χ1) is 14.4. The van der Waals surface area contributed by atoms with Gasteiger partial charge < -0.3 is 9.73 Å². The predicted octanol–water partition coefficient (Wildman–Crippen LogP) is 5.52. The number of hydrogen-bond acceptors (Lipinski definition) is 7. The predicted molar refractivity (Wildman–Crippen MR) is 124 cm³/mol. The second kappa shape index (κ2) is 8.75. The minimum absolute atomic E-state index is 0.141. The van der Waals surface area contributed by atoms with Crippen molar-refractivity contribution in [1.29, 1.82) is 0 Å². The second-order valence-electron chi connectivity index (χ2n) is 6.54. The summed E-state index contributed by atoms with van der Waals surface area (Å²) in [4.78, 5) is 16.8. The molecule has 1 atom stereocenters. The minimum Gasteiger partial charge on any atom is -0.453 e. The van der Waals surface area contributed by atoms with Crippen molar-refractivity contribution in [2.24, 2.45) is 0 Å². The van der Waals surface area contributed by atoms with E-state index in [9.17, 15) is 4.79 Å². The van der Waals surface area contributed by atoms with Crippen molar-refractivity contribution < 1.29 is 9.21 Å². The molecule has 0 aliphatic rings. The number of carbonyl (C=O) groups excluding carboxylic acids is 1. The van der Waals surface area contributed by atoms with Crippen molar-refractivity contribution in [3.63, 3.8) is 0 Å². The molecule has 0 bridgehead atoms. The summed E-state index contributed by atoms with van der Waals surface area (Å²) < 4.78 is 8.83. The molecule has 30 heavy (non-hydrogen) atoms. The van der Waals surface area contributed by atoms with Crippen LogP contribution in [0.15, 0.2) is 56.3 Å². The molecule has 3 aromatic heterocycles. The van der Waals surface area contributed by atoms with Crippen LogP contribution in [0.25, 0.3) is 22.6 Å². The highest BCUT2D eigenvalue weighted by Gasteiger charge is 2.22. The van der Waals surface area contributed by atoms with Gasteiger partial charge in [0, 0.05) is 21.8 Å². The van der Waals surface area contributed by atoms with Gasteiger partial charge in [0.05, 0.1) is 10.9 Å². The van der Waals surface area contributed by atoms with E-state index in [4.69, 9.17) is 4.42 Å². The molecule has 10 heteroatoms. The molecule has 154 valence electrons. The molecular weight excluding hydrogens is 486 g/mol. The number of carbonyl (C=O) groups is 1. The van der Waals surface area contributed by atoms with Crippen LogP contribution in [-0.2, 0) is 11.3 Å². The number of thiazole rings is 1. The Morgan fingerprint density at radius 2 is 2.27 bits per heavy atom. The molecule has 1 aromatic carbocycles. The van der Waals surface area contributed by atoms with E-state index >= 15 is 0 Å². The average Bonchev–Trinajstić information content (AvgIpc) is 3.41. The molecule has 1 amide bonds. The van der Waals surface area contributed by atoms with Crippen molar-refractivity contribution >= 4 is 61.0 Å². The molecule has 0 aliphatic heterocycles. The van der Waals surface area contributed by atoms with Gasteiger partial charge in [-0.3, -0.25) is 9.36 Å². The van der Waals surface area contributed by atoms with Gasteiger partial charge in [0.15, 0.2) is 16.0 Å². The van der Waals surface area contributed by atoms with Crippen molar-refractivity contribution in [2.75, 3.05) is 5.32 Å². The van der Waals surface area contributed by atoms with E-state index in [1.54, 1.807) is 6.08 Å². The number of thioether (sulfide) groups is 1. The van der Waals surface area contributed by atoms with Crippen molar-refractivity contribution in [2.45, 2.75) is 30.8 Å². The number of aromatic nitrogens is 4. The monoisotopic (exact) mass is 503 g/mol. The molecule has 4 aromatic rings. The zero-order chi connectivity index (χ0) is 21.3. The normalized spacial score (nSPS) is 12.2.